The number of nitrogens with one attached hydrogen (secondary N) is 1. The molecule has 0 bridgehead atoms. The predicted octanol–water partition coefficient (Wildman–Crippen LogP) is 1.84. The fourth-order valence-corrected chi connectivity index (χ4v) is 2.21. The summed E-state index contributed by atoms with van der Waals surface area (Å²) in [6, 6.07) is 10.2. The van der Waals surface area contributed by atoms with Crippen molar-refractivity contribution in [1.82, 2.24) is 5.32 Å². The molecule has 1 aliphatic rings. The summed E-state index contributed by atoms with van der Waals surface area (Å²) in [4.78, 5) is 22.5. The minimum Gasteiger partial charge on any atom is -0.481 e. The van der Waals surface area contributed by atoms with Gasteiger partial charge in [0, 0.05) is 6.04 Å². The van der Waals surface area contributed by atoms with Crippen LogP contribution in [0.5, 0.6) is 0 Å². The van der Waals surface area contributed by atoms with Gasteiger partial charge in [-0.3, -0.25) is 9.59 Å². The normalized spacial score (nSPS) is 22.6. The molecule has 4 nitrogen and oxygen atoms in total. The SMILES string of the molecule is CC(CCc1ccccc1)NC(=O)C1CC1C(=O)O. The van der Waals surface area contributed by atoms with Gasteiger partial charge in [-0.05, 0) is 31.7 Å². The molecular formula is C15H19NO3. The Balaban J connectivity index is 1.72. The number of carboxylic acid groups (broad SMARTS) is 1. The summed E-state index contributed by atoms with van der Waals surface area (Å²) in [7, 11) is 0. The number of hydrogen-bond acceptors (Lipinski definition) is 2. The molecule has 2 N–H and O–H groups in total. The first-order valence-electron chi connectivity index (χ1n) is 6.65. The van der Waals surface area contributed by atoms with Crippen LogP contribution in [0, 0.1) is 11.8 Å². The van der Waals surface area contributed by atoms with Gasteiger partial charge >= 0.3 is 5.97 Å². The Bertz CT molecular complexity index is 458. The van der Waals surface area contributed by atoms with Crippen LogP contribution in [0.1, 0.15) is 25.3 Å². The standard InChI is InChI=1S/C15H19NO3/c1-10(7-8-11-5-3-2-4-6-11)16-14(17)12-9-13(12)15(18)19/h2-6,10,12-13H,7-9H2,1H3,(H,16,17)(H,18,19). The minimum absolute atomic E-state index is 0.0720. The van der Waals surface area contributed by atoms with Crippen LogP contribution >= 0.6 is 0 Å². The molecular weight excluding hydrogens is 242 g/mol. The molecule has 0 heterocycles. The highest BCUT2D eigenvalue weighted by Gasteiger charge is 2.48. The van der Waals surface area contributed by atoms with Gasteiger partial charge in [0.15, 0.2) is 0 Å². The molecule has 1 aromatic rings. The summed E-state index contributed by atoms with van der Waals surface area (Å²) in [6.07, 6.45) is 2.25. The van der Waals surface area contributed by atoms with E-state index < -0.39 is 11.9 Å². The molecule has 0 aliphatic heterocycles. The van der Waals surface area contributed by atoms with Crippen LogP contribution in [-0.2, 0) is 16.0 Å². The molecule has 3 atom stereocenters. The Kier molecular flexibility index (Phi) is 4.20. The zero-order chi connectivity index (χ0) is 13.8. The molecule has 0 aromatic heterocycles. The largest absolute Gasteiger partial charge is 0.481 e. The van der Waals surface area contributed by atoms with Crippen LogP contribution in [0.4, 0.5) is 0 Å². The summed E-state index contributed by atoms with van der Waals surface area (Å²) < 4.78 is 0. The first-order chi connectivity index (χ1) is 9.08. The molecule has 0 saturated heterocycles. The number of carbonyl (C=O) groups excluding carboxylic acids is 1. The van der Waals surface area contributed by atoms with E-state index >= 15 is 0 Å². The van der Waals surface area contributed by atoms with Gasteiger partial charge in [-0.25, -0.2) is 0 Å². The van der Waals surface area contributed by atoms with Crippen LogP contribution in [0.15, 0.2) is 30.3 Å². The number of aryl methyl sites for hydroxylation is 1. The van der Waals surface area contributed by atoms with Crippen molar-refractivity contribution in [2.45, 2.75) is 32.2 Å². The zero-order valence-electron chi connectivity index (χ0n) is 11.0. The highest BCUT2D eigenvalue weighted by molar-refractivity contribution is 5.89. The van der Waals surface area contributed by atoms with Gasteiger partial charge in [0.1, 0.15) is 0 Å². The molecule has 19 heavy (non-hydrogen) atoms. The lowest BCUT2D eigenvalue weighted by Crippen LogP contribution is -2.34. The number of carboxylic acids is 1. The van der Waals surface area contributed by atoms with Crippen LogP contribution in [0.2, 0.25) is 0 Å². The van der Waals surface area contributed by atoms with E-state index in [1.807, 2.05) is 25.1 Å². The third-order valence-corrected chi connectivity index (χ3v) is 3.54. The molecule has 0 spiro atoms. The fraction of sp³-hybridized carbons (Fsp3) is 0.467. The van der Waals surface area contributed by atoms with Crippen LogP contribution in [0.3, 0.4) is 0 Å². The Morgan fingerprint density at radius 1 is 1.32 bits per heavy atom. The molecule has 0 radical (unpaired) electrons. The predicted molar refractivity (Wildman–Crippen MR) is 71.6 cm³/mol. The van der Waals surface area contributed by atoms with E-state index in [-0.39, 0.29) is 17.9 Å². The fourth-order valence-electron chi connectivity index (χ4n) is 2.21. The third-order valence-electron chi connectivity index (χ3n) is 3.54. The molecule has 1 amide bonds. The Labute approximate surface area is 112 Å². The van der Waals surface area contributed by atoms with Gasteiger partial charge in [-0.1, -0.05) is 30.3 Å². The van der Waals surface area contributed by atoms with Gasteiger partial charge in [-0.15, -0.1) is 0 Å². The Morgan fingerprint density at radius 3 is 2.58 bits per heavy atom. The number of amides is 1. The molecule has 1 fully saturated rings. The quantitative estimate of drug-likeness (QED) is 0.821. The van der Waals surface area contributed by atoms with E-state index in [1.54, 1.807) is 0 Å². The monoisotopic (exact) mass is 261 g/mol. The minimum atomic E-state index is -0.864. The number of rotatable bonds is 6. The van der Waals surface area contributed by atoms with Crippen molar-refractivity contribution in [2.75, 3.05) is 0 Å². The van der Waals surface area contributed by atoms with E-state index in [1.165, 1.54) is 5.56 Å². The third kappa shape index (κ3) is 3.81. The number of benzene rings is 1. The van der Waals surface area contributed by atoms with Crippen molar-refractivity contribution in [2.24, 2.45) is 11.8 Å². The highest BCUT2D eigenvalue weighted by atomic mass is 16.4. The lowest BCUT2D eigenvalue weighted by Gasteiger charge is -2.13. The van der Waals surface area contributed by atoms with Crippen LogP contribution in [0.25, 0.3) is 0 Å². The number of carbonyl (C=O) groups is 2. The van der Waals surface area contributed by atoms with E-state index in [0.29, 0.717) is 6.42 Å². The first kappa shape index (κ1) is 13.6. The van der Waals surface area contributed by atoms with Crippen molar-refractivity contribution >= 4 is 11.9 Å². The molecule has 1 aliphatic carbocycles. The van der Waals surface area contributed by atoms with Crippen molar-refractivity contribution < 1.29 is 14.7 Å². The molecule has 1 aromatic carbocycles. The summed E-state index contributed by atoms with van der Waals surface area (Å²) in [6.45, 7) is 1.96. The van der Waals surface area contributed by atoms with Gasteiger partial charge in [0.25, 0.3) is 0 Å². The van der Waals surface area contributed by atoms with E-state index in [4.69, 9.17) is 5.11 Å². The molecule has 2 rings (SSSR count). The second kappa shape index (κ2) is 5.87. The highest BCUT2D eigenvalue weighted by Crippen LogP contribution is 2.38. The van der Waals surface area contributed by atoms with Crippen molar-refractivity contribution in [3.8, 4) is 0 Å². The number of hydrogen-bond donors (Lipinski definition) is 2. The van der Waals surface area contributed by atoms with Crippen molar-refractivity contribution in [1.29, 1.82) is 0 Å². The van der Waals surface area contributed by atoms with Gasteiger partial charge in [0.05, 0.1) is 11.8 Å². The maximum Gasteiger partial charge on any atom is 0.307 e. The van der Waals surface area contributed by atoms with E-state index in [2.05, 4.69) is 17.4 Å². The molecule has 4 heteroatoms. The second-order valence-corrected chi connectivity index (χ2v) is 5.22. The topological polar surface area (TPSA) is 66.4 Å². The lowest BCUT2D eigenvalue weighted by molar-refractivity contribution is -0.140. The van der Waals surface area contributed by atoms with Crippen LogP contribution in [-0.4, -0.2) is 23.0 Å². The van der Waals surface area contributed by atoms with Gasteiger partial charge in [-0.2, -0.15) is 0 Å². The van der Waals surface area contributed by atoms with Gasteiger partial charge in [0.2, 0.25) is 5.91 Å². The number of aliphatic carboxylic acids is 1. The summed E-state index contributed by atoms with van der Waals surface area (Å²) in [5.41, 5.74) is 1.25. The lowest BCUT2D eigenvalue weighted by atomic mass is 10.1. The second-order valence-electron chi connectivity index (χ2n) is 5.22. The first-order valence-corrected chi connectivity index (χ1v) is 6.65. The zero-order valence-corrected chi connectivity index (χ0v) is 11.0. The molecule has 1 saturated carbocycles. The summed E-state index contributed by atoms with van der Waals surface area (Å²) >= 11 is 0. The molecule has 102 valence electrons. The Morgan fingerprint density at radius 2 is 2.00 bits per heavy atom. The maximum atomic E-state index is 11.8. The Hall–Kier alpha value is -1.84. The van der Waals surface area contributed by atoms with Gasteiger partial charge < -0.3 is 10.4 Å². The van der Waals surface area contributed by atoms with E-state index in [9.17, 15) is 9.59 Å². The van der Waals surface area contributed by atoms with Crippen LogP contribution < -0.4 is 5.32 Å². The van der Waals surface area contributed by atoms with Crippen molar-refractivity contribution in [3.05, 3.63) is 35.9 Å². The van der Waals surface area contributed by atoms with E-state index in [0.717, 1.165) is 12.8 Å². The summed E-state index contributed by atoms with van der Waals surface area (Å²) in [5.74, 6) is -1.77. The average Bonchev–Trinajstić information content (AvgIpc) is 3.18. The van der Waals surface area contributed by atoms with Crippen molar-refractivity contribution in [3.63, 3.8) is 0 Å². The summed E-state index contributed by atoms with van der Waals surface area (Å²) in [5, 5.41) is 11.7. The maximum absolute atomic E-state index is 11.8. The smallest absolute Gasteiger partial charge is 0.307 e. The molecule has 3 unspecified atom stereocenters. The average molecular weight is 261 g/mol.